The van der Waals surface area contributed by atoms with Crippen molar-refractivity contribution < 1.29 is 9.53 Å². The molecule has 0 atom stereocenters. The maximum absolute atomic E-state index is 12.4. The highest BCUT2D eigenvalue weighted by Crippen LogP contribution is 2.28. The molecule has 0 N–H and O–H groups in total. The van der Waals surface area contributed by atoms with Crippen LogP contribution in [-0.4, -0.2) is 12.9 Å². The molecule has 0 bridgehead atoms. The zero-order valence-electron chi connectivity index (χ0n) is 10.5. The lowest BCUT2D eigenvalue weighted by Gasteiger charge is -2.07. The maximum Gasteiger partial charge on any atom is 0.188 e. The number of methoxy groups -OCH3 is 1. The summed E-state index contributed by atoms with van der Waals surface area (Å²) < 4.78 is 6.00. The third kappa shape index (κ3) is 3.02. The molecule has 0 aromatic heterocycles. The van der Waals surface area contributed by atoms with Gasteiger partial charge < -0.3 is 4.74 Å². The molecule has 1 aliphatic carbocycles. The lowest BCUT2D eigenvalue weighted by atomic mass is 9.99. The average molecular weight is 309 g/mol. The monoisotopic (exact) mass is 308 g/mol. The summed E-state index contributed by atoms with van der Waals surface area (Å²) >= 11 is 3.42. The van der Waals surface area contributed by atoms with E-state index in [9.17, 15) is 4.79 Å². The zero-order chi connectivity index (χ0) is 13.0. The Morgan fingerprint density at radius 3 is 2.83 bits per heavy atom. The van der Waals surface area contributed by atoms with Crippen molar-refractivity contribution in [3.8, 4) is 5.75 Å². The molecule has 0 radical (unpaired) electrons. The van der Waals surface area contributed by atoms with E-state index in [0.717, 1.165) is 40.6 Å². The predicted octanol–water partition coefficient (Wildman–Crippen LogP) is 4.53. The van der Waals surface area contributed by atoms with Gasteiger partial charge in [0.1, 0.15) is 5.75 Å². The highest BCUT2D eigenvalue weighted by atomic mass is 79.9. The van der Waals surface area contributed by atoms with E-state index in [1.807, 2.05) is 18.2 Å². The minimum Gasteiger partial charge on any atom is -0.496 e. The summed E-state index contributed by atoms with van der Waals surface area (Å²) in [4.78, 5) is 12.4. The van der Waals surface area contributed by atoms with Crippen LogP contribution in [0.2, 0.25) is 0 Å². The minimum atomic E-state index is 0.153. The van der Waals surface area contributed by atoms with Crippen LogP contribution in [0.25, 0.3) is 0 Å². The number of rotatable bonds is 3. The fourth-order valence-corrected chi connectivity index (χ4v) is 2.75. The van der Waals surface area contributed by atoms with E-state index in [1.165, 1.54) is 12.8 Å². The van der Waals surface area contributed by atoms with Gasteiger partial charge >= 0.3 is 0 Å². The predicted molar refractivity (Wildman–Crippen MR) is 76.2 cm³/mol. The summed E-state index contributed by atoms with van der Waals surface area (Å²) in [5, 5.41) is 0. The Hall–Kier alpha value is -1.09. The summed E-state index contributed by atoms with van der Waals surface area (Å²) in [5.74, 6) is 0.904. The molecule has 0 fully saturated rings. The molecular weight excluding hydrogens is 292 g/mol. The van der Waals surface area contributed by atoms with Crippen molar-refractivity contribution in [2.45, 2.75) is 32.1 Å². The van der Waals surface area contributed by atoms with E-state index in [-0.39, 0.29) is 5.78 Å². The van der Waals surface area contributed by atoms with Crippen LogP contribution in [0.4, 0.5) is 0 Å². The molecule has 1 aliphatic rings. The van der Waals surface area contributed by atoms with E-state index >= 15 is 0 Å². The SMILES string of the molecule is COc1ccc(C(=O)C2=CCCCCC2)cc1Br. The Morgan fingerprint density at radius 2 is 2.11 bits per heavy atom. The first kappa shape index (κ1) is 13.3. The highest BCUT2D eigenvalue weighted by molar-refractivity contribution is 9.10. The number of halogens is 1. The zero-order valence-corrected chi connectivity index (χ0v) is 12.1. The van der Waals surface area contributed by atoms with Crippen LogP contribution in [0.1, 0.15) is 42.5 Å². The van der Waals surface area contributed by atoms with Gasteiger partial charge in [0, 0.05) is 5.56 Å². The van der Waals surface area contributed by atoms with Crippen LogP contribution in [0, 0.1) is 0 Å². The lowest BCUT2D eigenvalue weighted by molar-refractivity contribution is 0.103. The van der Waals surface area contributed by atoms with Crippen LogP contribution in [0.15, 0.2) is 34.3 Å². The molecule has 0 spiro atoms. The number of ether oxygens (including phenoxy) is 1. The van der Waals surface area contributed by atoms with E-state index in [4.69, 9.17) is 4.74 Å². The highest BCUT2D eigenvalue weighted by Gasteiger charge is 2.15. The first-order valence-corrected chi connectivity index (χ1v) is 7.09. The Labute approximate surface area is 116 Å². The average Bonchev–Trinajstić information content (AvgIpc) is 2.66. The van der Waals surface area contributed by atoms with Gasteiger partial charge in [0.15, 0.2) is 5.78 Å². The normalized spacial score (nSPS) is 15.8. The van der Waals surface area contributed by atoms with Crippen LogP contribution in [0.3, 0.4) is 0 Å². The summed E-state index contributed by atoms with van der Waals surface area (Å²) in [6, 6.07) is 5.50. The van der Waals surface area contributed by atoms with Crippen molar-refractivity contribution in [1.29, 1.82) is 0 Å². The Kier molecular flexibility index (Phi) is 4.59. The van der Waals surface area contributed by atoms with Gasteiger partial charge in [-0.25, -0.2) is 0 Å². The van der Waals surface area contributed by atoms with Gasteiger partial charge in [0.05, 0.1) is 11.6 Å². The number of ketones is 1. The Balaban J connectivity index is 2.22. The Bertz CT molecular complexity index is 477. The standard InChI is InChI=1S/C15H17BrO2/c1-18-14-9-8-12(10-13(14)16)15(17)11-6-4-2-3-5-7-11/h6,8-10H,2-5,7H2,1H3. The van der Waals surface area contributed by atoms with Gasteiger partial charge in [-0.2, -0.15) is 0 Å². The van der Waals surface area contributed by atoms with Gasteiger partial charge in [-0.3, -0.25) is 4.79 Å². The molecule has 0 amide bonds. The summed E-state index contributed by atoms with van der Waals surface area (Å²) in [7, 11) is 1.62. The summed E-state index contributed by atoms with van der Waals surface area (Å²) in [6.07, 6.45) is 7.58. The van der Waals surface area contributed by atoms with Crippen molar-refractivity contribution in [3.05, 3.63) is 39.9 Å². The number of hydrogen-bond donors (Lipinski definition) is 0. The molecule has 0 aliphatic heterocycles. The maximum atomic E-state index is 12.4. The molecule has 2 rings (SSSR count). The second-order valence-corrected chi connectivity index (χ2v) is 5.36. The fraction of sp³-hybridized carbons (Fsp3) is 0.400. The molecule has 3 heteroatoms. The van der Waals surface area contributed by atoms with Crippen LogP contribution in [-0.2, 0) is 0 Å². The van der Waals surface area contributed by atoms with Crippen molar-refractivity contribution in [2.75, 3.05) is 7.11 Å². The van der Waals surface area contributed by atoms with Crippen LogP contribution >= 0.6 is 15.9 Å². The second-order valence-electron chi connectivity index (χ2n) is 4.51. The number of carbonyl (C=O) groups excluding carboxylic acids is 1. The number of hydrogen-bond acceptors (Lipinski definition) is 2. The van der Waals surface area contributed by atoms with Gasteiger partial charge in [-0.05, 0) is 65.4 Å². The quantitative estimate of drug-likeness (QED) is 0.767. The molecule has 0 heterocycles. The molecule has 1 aromatic rings. The van der Waals surface area contributed by atoms with Crippen molar-refractivity contribution in [3.63, 3.8) is 0 Å². The van der Waals surface area contributed by atoms with E-state index in [1.54, 1.807) is 7.11 Å². The first-order chi connectivity index (χ1) is 8.72. The molecule has 2 nitrogen and oxygen atoms in total. The smallest absolute Gasteiger partial charge is 0.188 e. The van der Waals surface area contributed by atoms with Crippen molar-refractivity contribution in [2.24, 2.45) is 0 Å². The molecular formula is C15H17BrO2. The summed E-state index contributed by atoms with van der Waals surface area (Å²) in [6.45, 7) is 0. The third-order valence-corrected chi connectivity index (χ3v) is 3.87. The first-order valence-electron chi connectivity index (χ1n) is 6.29. The number of benzene rings is 1. The third-order valence-electron chi connectivity index (χ3n) is 3.25. The fourth-order valence-electron chi connectivity index (χ4n) is 2.21. The van der Waals surface area contributed by atoms with Crippen LogP contribution < -0.4 is 4.74 Å². The van der Waals surface area contributed by atoms with Crippen molar-refractivity contribution in [1.82, 2.24) is 0 Å². The molecule has 18 heavy (non-hydrogen) atoms. The van der Waals surface area contributed by atoms with Gasteiger partial charge in [-0.1, -0.05) is 12.5 Å². The van der Waals surface area contributed by atoms with Crippen LogP contribution in [0.5, 0.6) is 5.75 Å². The van der Waals surface area contributed by atoms with Gasteiger partial charge in [0.2, 0.25) is 0 Å². The van der Waals surface area contributed by atoms with E-state index in [2.05, 4.69) is 22.0 Å². The number of Topliss-reactive ketones (excluding diaryl/α,β-unsaturated/α-hetero) is 1. The van der Waals surface area contributed by atoms with E-state index in [0.29, 0.717) is 0 Å². The van der Waals surface area contributed by atoms with E-state index < -0.39 is 0 Å². The van der Waals surface area contributed by atoms with Gasteiger partial charge in [-0.15, -0.1) is 0 Å². The van der Waals surface area contributed by atoms with Crippen molar-refractivity contribution >= 4 is 21.7 Å². The topological polar surface area (TPSA) is 26.3 Å². The summed E-state index contributed by atoms with van der Waals surface area (Å²) in [5.41, 5.74) is 1.69. The molecule has 96 valence electrons. The lowest BCUT2D eigenvalue weighted by Crippen LogP contribution is -2.03. The number of allylic oxidation sites excluding steroid dienone is 2. The Morgan fingerprint density at radius 1 is 1.28 bits per heavy atom. The molecule has 1 aromatic carbocycles. The largest absolute Gasteiger partial charge is 0.496 e. The van der Waals surface area contributed by atoms with Gasteiger partial charge in [0.25, 0.3) is 0 Å². The number of carbonyl (C=O) groups is 1. The minimum absolute atomic E-state index is 0.153. The molecule has 0 saturated carbocycles. The second kappa shape index (κ2) is 6.19. The molecule has 0 unspecified atom stereocenters. The molecule has 0 saturated heterocycles.